The lowest BCUT2D eigenvalue weighted by atomic mass is 9.77. The molecule has 5 rings (SSSR count). The Morgan fingerprint density at radius 3 is 2.32 bits per heavy atom. The number of aromatic carboxylic acids is 1. The van der Waals surface area contributed by atoms with Crippen LogP contribution in [0.25, 0.3) is 0 Å². The van der Waals surface area contributed by atoms with Gasteiger partial charge in [-0.25, -0.2) is 14.8 Å². The number of imidazole rings is 2. The van der Waals surface area contributed by atoms with E-state index in [9.17, 15) is 9.90 Å². The highest BCUT2D eigenvalue weighted by atomic mass is 16.4. The SMILES string of the molecule is CC(C)CN1CCC2(CC1)CCN(CCCn1ccnc1CN(C)Cc1nccn1Cc1cccc(C(=O)O)c1)C2. The largest absolute Gasteiger partial charge is 0.478 e. The maximum Gasteiger partial charge on any atom is 0.335 e. The van der Waals surface area contributed by atoms with Crippen molar-refractivity contribution in [3.63, 3.8) is 0 Å². The lowest BCUT2D eigenvalue weighted by molar-refractivity contribution is 0.0696. The summed E-state index contributed by atoms with van der Waals surface area (Å²) >= 11 is 0. The first-order valence-electron chi connectivity index (χ1n) is 15.2. The lowest BCUT2D eigenvalue weighted by Crippen LogP contribution is -2.42. The van der Waals surface area contributed by atoms with Crippen LogP contribution in [0.15, 0.2) is 49.1 Å². The summed E-state index contributed by atoms with van der Waals surface area (Å²) in [4.78, 5) is 28.2. The Labute approximate surface area is 244 Å². The molecule has 9 heteroatoms. The highest BCUT2D eigenvalue weighted by Gasteiger charge is 2.40. The zero-order valence-electron chi connectivity index (χ0n) is 25.1. The Morgan fingerprint density at radius 1 is 0.976 bits per heavy atom. The molecule has 0 amide bonds. The van der Waals surface area contributed by atoms with Gasteiger partial charge in [-0.2, -0.15) is 0 Å². The fourth-order valence-corrected chi connectivity index (χ4v) is 6.69. The molecule has 0 radical (unpaired) electrons. The molecule has 1 N–H and O–H groups in total. The predicted octanol–water partition coefficient (Wildman–Crippen LogP) is 4.29. The normalized spacial score (nSPS) is 17.8. The summed E-state index contributed by atoms with van der Waals surface area (Å²) in [6.45, 7) is 15.1. The smallest absolute Gasteiger partial charge is 0.335 e. The number of likely N-dealkylation sites (tertiary alicyclic amines) is 2. The number of nitrogens with zero attached hydrogens (tertiary/aromatic N) is 7. The lowest BCUT2D eigenvalue weighted by Gasteiger charge is -2.40. The molecule has 2 aliphatic heterocycles. The van der Waals surface area contributed by atoms with Crippen LogP contribution in [0.2, 0.25) is 0 Å². The van der Waals surface area contributed by atoms with Crippen molar-refractivity contribution in [1.29, 1.82) is 0 Å². The van der Waals surface area contributed by atoms with Crippen LogP contribution in [0.1, 0.15) is 67.1 Å². The van der Waals surface area contributed by atoms with Gasteiger partial charge in [-0.05, 0) is 87.9 Å². The molecule has 9 nitrogen and oxygen atoms in total. The van der Waals surface area contributed by atoms with Gasteiger partial charge in [0.15, 0.2) is 0 Å². The summed E-state index contributed by atoms with van der Waals surface area (Å²) in [6.07, 6.45) is 13.0. The van der Waals surface area contributed by atoms with E-state index in [1.165, 1.54) is 52.0 Å². The minimum atomic E-state index is -0.907. The standard InChI is InChI=1S/C32H47N7O2/c1-26(2)21-36-15-8-32(9-16-36)10-17-37(25-32)13-5-14-38-18-11-33-29(38)23-35(3)24-30-34-12-19-39(30)22-27-6-4-7-28(20-27)31(40)41/h4,6-7,11-12,18-20,26H,5,8-10,13-17,21-25H2,1-3H3,(H,40,41). The first kappa shape index (κ1) is 29.5. The average molecular weight is 562 g/mol. The number of carbonyl (C=O) groups is 1. The quantitative estimate of drug-likeness (QED) is 0.333. The summed E-state index contributed by atoms with van der Waals surface area (Å²) in [6, 6.07) is 7.09. The van der Waals surface area contributed by atoms with Gasteiger partial charge in [0.2, 0.25) is 0 Å². The topological polar surface area (TPSA) is 82.7 Å². The van der Waals surface area contributed by atoms with Gasteiger partial charge in [0.05, 0.1) is 18.7 Å². The van der Waals surface area contributed by atoms with Gasteiger partial charge in [0.1, 0.15) is 11.6 Å². The van der Waals surface area contributed by atoms with Crippen LogP contribution in [-0.2, 0) is 26.2 Å². The van der Waals surface area contributed by atoms with Crippen molar-refractivity contribution in [3.8, 4) is 0 Å². The monoisotopic (exact) mass is 561 g/mol. The van der Waals surface area contributed by atoms with Gasteiger partial charge >= 0.3 is 5.97 Å². The molecular formula is C32H47N7O2. The minimum Gasteiger partial charge on any atom is -0.478 e. The van der Waals surface area contributed by atoms with Gasteiger partial charge < -0.3 is 24.0 Å². The van der Waals surface area contributed by atoms with E-state index in [1.807, 2.05) is 24.7 Å². The van der Waals surface area contributed by atoms with Crippen LogP contribution in [-0.4, -0.2) is 91.2 Å². The van der Waals surface area contributed by atoms with E-state index in [1.54, 1.807) is 18.2 Å². The second kappa shape index (κ2) is 13.3. The number of hydrogen-bond donors (Lipinski definition) is 1. The zero-order valence-corrected chi connectivity index (χ0v) is 25.1. The van der Waals surface area contributed by atoms with Crippen LogP contribution in [0.4, 0.5) is 0 Å². The molecule has 222 valence electrons. The highest BCUT2D eigenvalue weighted by molar-refractivity contribution is 5.87. The molecule has 0 atom stereocenters. The molecule has 3 aromatic rings. The second-order valence-electron chi connectivity index (χ2n) is 12.8. The molecule has 0 unspecified atom stereocenters. The number of hydrogen-bond acceptors (Lipinski definition) is 6. The number of piperidine rings is 1. The van der Waals surface area contributed by atoms with Gasteiger partial charge in [-0.1, -0.05) is 26.0 Å². The fraction of sp³-hybridized carbons (Fsp3) is 0.594. The first-order valence-corrected chi connectivity index (χ1v) is 15.2. The minimum absolute atomic E-state index is 0.305. The van der Waals surface area contributed by atoms with Gasteiger partial charge in [0, 0.05) is 51.0 Å². The van der Waals surface area contributed by atoms with E-state index >= 15 is 0 Å². The van der Waals surface area contributed by atoms with Gasteiger partial charge in [-0.15, -0.1) is 0 Å². The van der Waals surface area contributed by atoms with Crippen molar-refractivity contribution in [2.75, 3.05) is 46.3 Å². The van der Waals surface area contributed by atoms with E-state index < -0.39 is 5.97 Å². The molecule has 2 fully saturated rings. The van der Waals surface area contributed by atoms with Gasteiger partial charge in [0.25, 0.3) is 0 Å². The molecule has 2 saturated heterocycles. The number of aryl methyl sites for hydroxylation is 1. The third-order valence-corrected chi connectivity index (χ3v) is 8.88. The summed E-state index contributed by atoms with van der Waals surface area (Å²) in [5.74, 6) is 1.88. The zero-order chi connectivity index (χ0) is 28.8. The molecule has 4 heterocycles. The van der Waals surface area contributed by atoms with Crippen molar-refractivity contribution >= 4 is 5.97 Å². The third-order valence-electron chi connectivity index (χ3n) is 8.88. The Kier molecular flexibility index (Phi) is 9.57. The number of carboxylic acid groups (broad SMARTS) is 1. The van der Waals surface area contributed by atoms with E-state index in [4.69, 9.17) is 0 Å². The molecular weight excluding hydrogens is 514 g/mol. The van der Waals surface area contributed by atoms with E-state index in [0.717, 1.165) is 49.2 Å². The average Bonchev–Trinajstić information content (AvgIpc) is 3.67. The molecule has 2 aliphatic rings. The third kappa shape index (κ3) is 7.84. The Bertz CT molecular complexity index is 1270. The van der Waals surface area contributed by atoms with Crippen LogP contribution in [0.3, 0.4) is 0 Å². The van der Waals surface area contributed by atoms with Crippen LogP contribution in [0.5, 0.6) is 0 Å². The molecule has 1 aromatic carbocycles. The summed E-state index contributed by atoms with van der Waals surface area (Å²) in [7, 11) is 2.10. The second-order valence-corrected chi connectivity index (χ2v) is 12.8. The molecule has 2 aromatic heterocycles. The Balaban J connectivity index is 1.07. The van der Waals surface area contributed by atoms with Crippen LogP contribution >= 0.6 is 0 Å². The molecule has 0 saturated carbocycles. The first-order chi connectivity index (χ1) is 19.8. The number of aromatic nitrogens is 4. The maximum absolute atomic E-state index is 11.3. The van der Waals surface area contributed by atoms with Crippen molar-refractivity contribution in [2.24, 2.45) is 11.3 Å². The summed E-state index contributed by atoms with van der Waals surface area (Å²) < 4.78 is 4.39. The number of benzene rings is 1. The molecule has 41 heavy (non-hydrogen) atoms. The Morgan fingerprint density at radius 2 is 1.63 bits per heavy atom. The van der Waals surface area contributed by atoms with Gasteiger partial charge in [-0.3, -0.25) is 4.90 Å². The van der Waals surface area contributed by atoms with Crippen LogP contribution in [0, 0.1) is 11.3 Å². The van der Waals surface area contributed by atoms with E-state index in [-0.39, 0.29) is 0 Å². The molecule has 0 aliphatic carbocycles. The summed E-state index contributed by atoms with van der Waals surface area (Å²) in [5.41, 5.74) is 1.81. The molecule has 0 bridgehead atoms. The van der Waals surface area contributed by atoms with Crippen molar-refractivity contribution in [3.05, 3.63) is 71.8 Å². The Hall–Kier alpha value is -3.01. The fourth-order valence-electron chi connectivity index (χ4n) is 6.69. The highest BCUT2D eigenvalue weighted by Crippen LogP contribution is 2.40. The van der Waals surface area contributed by atoms with Crippen molar-refractivity contribution in [1.82, 2.24) is 33.8 Å². The van der Waals surface area contributed by atoms with Crippen molar-refractivity contribution in [2.45, 2.75) is 65.7 Å². The van der Waals surface area contributed by atoms with E-state index in [2.05, 4.69) is 60.9 Å². The number of carboxylic acids is 1. The van der Waals surface area contributed by atoms with Crippen molar-refractivity contribution < 1.29 is 9.90 Å². The maximum atomic E-state index is 11.3. The van der Waals surface area contributed by atoms with Crippen LogP contribution < -0.4 is 0 Å². The number of rotatable bonds is 13. The van der Waals surface area contributed by atoms with E-state index in [0.29, 0.717) is 24.1 Å². The summed E-state index contributed by atoms with van der Waals surface area (Å²) in [5, 5.41) is 9.31. The predicted molar refractivity (Wildman–Crippen MR) is 161 cm³/mol. The molecule has 1 spiro atoms.